The van der Waals surface area contributed by atoms with Crippen LogP contribution in [-0.4, -0.2) is 27.1 Å². The van der Waals surface area contributed by atoms with Gasteiger partial charge in [-0.2, -0.15) is 0 Å². The average Bonchev–Trinajstić information content (AvgIpc) is 2.68. The van der Waals surface area contributed by atoms with Gasteiger partial charge in [-0.25, -0.2) is 9.78 Å². The van der Waals surface area contributed by atoms with Crippen LogP contribution in [0, 0.1) is 0 Å². The van der Waals surface area contributed by atoms with Crippen molar-refractivity contribution in [1.82, 2.24) is 9.55 Å². The first-order valence-electron chi connectivity index (χ1n) is 5.11. The molecule has 0 bridgehead atoms. The summed E-state index contributed by atoms with van der Waals surface area (Å²) in [5.74, 6) is 0.149. The zero-order valence-corrected chi connectivity index (χ0v) is 10.2. The van der Waals surface area contributed by atoms with Crippen LogP contribution in [0.2, 0.25) is 0 Å². The number of carbonyl (C=O) groups is 1. The van der Waals surface area contributed by atoms with Gasteiger partial charge in [0.05, 0.1) is 6.61 Å². The summed E-state index contributed by atoms with van der Waals surface area (Å²) in [7, 11) is 0. The number of imidazole rings is 1. The molecule has 16 heavy (non-hydrogen) atoms. The lowest BCUT2D eigenvalue weighted by atomic mass is 10.2. The van der Waals surface area contributed by atoms with E-state index in [9.17, 15) is 4.79 Å². The molecule has 6 heteroatoms. The fourth-order valence-electron chi connectivity index (χ4n) is 1.47. The van der Waals surface area contributed by atoms with Crippen LogP contribution in [0.15, 0.2) is 12.4 Å². The molecule has 1 heterocycles. The monoisotopic (exact) mass is 241 g/mol. The standard InChI is InChI=1S/C10H15N3O2S/c1-3-7(10(14)15-4-2)13-6-5-12-9(13)8(11)16/h5-7H,3-4H2,1-2H3,(H2,11,16). The maximum absolute atomic E-state index is 11.7. The highest BCUT2D eigenvalue weighted by Crippen LogP contribution is 2.15. The third-order valence-corrected chi connectivity index (χ3v) is 2.35. The van der Waals surface area contributed by atoms with Crippen LogP contribution < -0.4 is 5.73 Å². The number of thiocarbonyl (C=S) groups is 1. The second-order valence-corrected chi connectivity index (χ2v) is 3.64. The van der Waals surface area contributed by atoms with Crippen molar-refractivity contribution in [1.29, 1.82) is 0 Å². The Labute approximate surface area is 99.6 Å². The lowest BCUT2D eigenvalue weighted by molar-refractivity contribution is -0.147. The molecule has 1 aromatic rings. The highest BCUT2D eigenvalue weighted by atomic mass is 32.1. The Hall–Kier alpha value is -1.43. The lowest BCUT2D eigenvalue weighted by Crippen LogP contribution is -2.26. The SMILES string of the molecule is CCOC(=O)C(CC)n1ccnc1C(N)=S. The predicted octanol–water partition coefficient (Wildman–Crippen LogP) is 1.03. The van der Waals surface area contributed by atoms with Crippen LogP contribution >= 0.6 is 12.2 Å². The van der Waals surface area contributed by atoms with Crippen LogP contribution in [0.4, 0.5) is 0 Å². The Morgan fingerprint density at radius 3 is 2.88 bits per heavy atom. The summed E-state index contributed by atoms with van der Waals surface area (Å²) in [6, 6.07) is -0.418. The minimum Gasteiger partial charge on any atom is -0.464 e. The molecule has 0 amide bonds. The molecular formula is C10H15N3O2S. The normalized spacial score (nSPS) is 12.1. The number of aromatic nitrogens is 2. The molecule has 5 nitrogen and oxygen atoms in total. The van der Waals surface area contributed by atoms with Gasteiger partial charge in [-0.15, -0.1) is 0 Å². The first-order valence-corrected chi connectivity index (χ1v) is 5.51. The van der Waals surface area contributed by atoms with E-state index in [2.05, 4.69) is 4.98 Å². The first kappa shape index (κ1) is 12.6. The topological polar surface area (TPSA) is 70.1 Å². The molecule has 0 aliphatic rings. The molecule has 0 saturated heterocycles. The summed E-state index contributed by atoms with van der Waals surface area (Å²) in [6.45, 7) is 4.02. The molecule has 0 aromatic carbocycles. The van der Waals surface area contributed by atoms with Crippen LogP contribution in [0.3, 0.4) is 0 Å². The van der Waals surface area contributed by atoms with Gasteiger partial charge in [-0.1, -0.05) is 19.1 Å². The summed E-state index contributed by atoms with van der Waals surface area (Å²) in [5.41, 5.74) is 5.52. The van der Waals surface area contributed by atoms with Crippen molar-refractivity contribution in [2.45, 2.75) is 26.3 Å². The molecule has 0 spiro atoms. The number of nitrogens with zero attached hydrogens (tertiary/aromatic N) is 2. The fourth-order valence-corrected chi connectivity index (χ4v) is 1.63. The highest BCUT2D eigenvalue weighted by Gasteiger charge is 2.22. The molecule has 0 fully saturated rings. The summed E-state index contributed by atoms with van der Waals surface area (Å²) < 4.78 is 6.63. The molecule has 1 aromatic heterocycles. The molecule has 0 saturated carbocycles. The van der Waals surface area contributed by atoms with Crippen molar-refractivity contribution in [3.8, 4) is 0 Å². The van der Waals surface area contributed by atoms with E-state index in [0.29, 0.717) is 18.9 Å². The van der Waals surface area contributed by atoms with Gasteiger partial charge in [0.1, 0.15) is 11.0 Å². The van der Waals surface area contributed by atoms with E-state index in [-0.39, 0.29) is 11.0 Å². The van der Waals surface area contributed by atoms with Gasteiger partial charge >= 0.3 is 5.97 Å². The average molecular weight is 241 g/mol. The molecule has 0 aliphatic heterocycles. The van der Waals surface area contributed by atoms with Crippen LogP contribution in [0.5, 0.6) is 0 Å². The van der Waals surface area contributed by atoms with E-state index in [0.717, 1.165) is 0 Å². The molecule has 0 radical (unpaired) electrons. The summed E-state index contributed by atoms with van der Waals surface area (Å²) in [4.78, 5) is 15.9. The second kappa shape index (κ2) is 5.60. The van der Waals surface area contributed by atoms with Crippen molar-refractivity contribution in [3.63, 3.8) is 0 Å². The summed E-state index contributed by atoms with van der Waals surface area (Å²) in [6.07, 6.45) is 3.85. The van der Waals surface area contributed by atoms with Crippen molar-refractivity contribution in [3.05, 3.63) is 18.2 Å². The maximum Gasteiger partial charge on any atom is 0.329 e. The van der Waals surface area contributed by atoms with Crippen molar-refractivity contribution in [2.75, 3.05) is 6.61 Å². The van der Waals surface area contributed by atoms with Crippen molar-refractivity contribution >= 4 is 23.2 Å². The Balaban J connectivity index is 2.99. The smallest absolute Gasteiger partial charge is 0.329 e. The van der Waals surface area contributed by atoms with Gasteiger partial charge in [0.25, 0.3) is 0 Å². The molecule has 1 atom stereocenters. The van der Waals surface area contributed by atoms with Gasteiger partial charge in [0.15, 0.2) is 5.82 Å². The Morgan fingerprint density at radius 1 is 1.69 bits per heavy atom. The third kappa shape index (κ3) is 2.57. The van der Waals surface area contributed by atoms with E-state index in [1.54, 1.807) is 23.9 Å². The van der Waals surface area contributed by atoms with Crippen LogP contribution in [0.25, 0.3) is 0 Å². The summed E-state index contributed by atoms with van der Waals surface area (Å²) in [5, 5.41) is 0. The fraction of sp³-hybridized carbons (Fsp3) is 0.500. The van der Waals surface area contributed by atoms with Gasteiger partial charge in [-0.05, 0) is 13.3 Å². The number of esters is 1. The summed E-state index contributed by atoms with van der Waals surface area (Å²) >= 11 is 4.86. The third-order valence-electron chi connectivity index (χ3n) is 2.17. The van der Waals surface area contributed by atoms with E-state index >= 15 is 0 Å². The van der Waals surface area contributed by atoms with Gasteiger partial charge < -0.3 is 15.0 Å². The van der Waals surface area contributed by atoms with Crippen LogP contribution in [0.1, 0.15) is 32.1 Å². The molecule has 0 aliphatic carbocycles. The number of rotatable bonds is 5. The number of carbonyl (C=O) groups excluding carboxylic acids is 1. The highest BCUT2D eigenvalue weighted by molar-refractivity contribution is 7.80. The maximum atomic E-state index is 11.7. The van der Waals surface area contributed by atoms with Gasteiger partial charge in [-0.3, -0.25) is 0 Å². The Bertz CT molecular complexity index is 389. The lowest BCUT2D eigenvalue weighted by Gasteiger charge is -2.17. The number of hydrogen-bond acceptors (Lipinski definition) is 4. The van der Waals surface area contributed by atoms with E-state index in [1.165, 1.54) is 0 Å². The Morgan fingerprint density at radius 2 is 2.38 bits per heavy atom. The first-order chi connectivity index (χ1) is 7.61. The number of ether oxygens (including phenoxy) is 1. The zero-order chi connectivity index (χ0) is 12.1. The second-order valence-electron chi connectivity index (χ2n) is 3.20. The molecular weight excluding hydrogens is 226 g/mol. The molecule has 88 valence electrons. The molecule has 1 unspecified atom stereocenters. The largest absolute Gasteiger partial charge is 0.464 e. The van der Waals surface area contributed by atoms with Crippen molar-refractivity contribution in [2.24, 2.45) is 5.73 Å². The minimum absolute atomic E-state index is 0.174. The van der Waals surface area contributed by atoms with Crippen LogP contribution in [-0.2, 0) is 9.53 Å². The Kier molecular flexibility index (Phi) is 4.42. The molecule has 2 N–H and O–H groups in total. The van der Waals surface area contributed by atoms with E-state index < -0.39 is 6.04 Å². The molecule has 1 rings (SSSR count). The van der Waals surface area contributed by atoms with Crippen molar-refractivity contribution < 1.29 is 9.53 Å². The number of nitrogens with two attached hydrogens (primary N) is 1. The predicted molar refractivity (Wildman–Crippen MR) is 64.1 cm³/mol. The zero-order valence-electron chi connectivity index (χ0n) is 9.34. The minimum atomic E-state index is -0.418. The number of hydrogen-bond donors (Lipinski definition) is 1. The van der Waals surface area contributed by atoms with Gasteiger partial charge in [0, 0.05) is 12.4 Å². The van der Waals surface area contributed by atoms with E-state index in [1.807, 2.05) is 6.92 Å². The quantitative estimate of drug-likeness (QED) is 0.616. The van der Waals surface area contributed by atoms with E-state index in [4.69, 9.17) is 22.7 Å². The van der Waals surface area contributed by atoms with Gasteiger partial charge in [0.2, 0.25) is 0 Å².